The van der Waals surface area contributed by atoms with Crippen molar-refractivity contribution in [2.75, 3.05) is 0 Å². The molecule has 1 heterocycles. The van der Waals surface area contributed by atoms with E-state index in [1.54, 1.807) is 6.33 Å². The number of hydrogen-bond acceptors (Lipinski definition) is 2. The third-order valence-electron chi connectivity index (χ3n) is 3.36. The molecule has 0 aromatic carbocycles. The molecule has 1 aliphatic rings. The van der Waals surface area contributed by atoms with Gasteiger partial charge < -0.3 is 0 Å². The number of nitrogens with zero attached hydrogens (tertiary/aromatic N) is 2. The Kier molecular flexibility index (Phi) is 4.55. The summed E-state index contributed by atoms with van der Waals surface area (Å²) in [6.45, 7) is 4.54. The van der Waals surface area contributed by atoms with E-state index < -0.39 is 0 Å². The largest absolute Gasteiger partial charge is 0.241 e. The smallest absolute Gasteiger partial charge is 0.115 e. The van der Waals surface area contributed by atoms with Gasteiger partial charge in [0.05, 0.1) is 0 Å². The average molecular weight is 297 g/mol. The van der Waals surface area contributed by atoms with Crippen molar-refractivity contribution in [3.8, 4) is 0 Å². The van der Waals surface area contributed by atoms with Crippen LogP contribution in [-0.4, -0.2) is 14.8 Å². The highest BCUT2D eigenvalue weighted by Gasteiger charge is 2.17. The van der Waals surface area contributed by atoms with Gasteiger partial charge >= 0.3 is 0 Å². The van der Waals surface area contributed by atoms with Crippen LogP contribution >= 0.6 is 15.9 Å². The van der Waals surface area contributed by atoms with Crippen molar-refractivity contribution in [2.45, 2.75) is 57.2 Å². The molecule has 1 aliphatic carbocycles. The fourth-order valence-electron chi connectivity index (χ4n) is 2.57. The van der Waals surface area contributed by atoms with E-state index in [4.69, 9.17) is 0 Å². The van der Waals surface area contributed by atoms with Gasteiger partial charge in [-0.25, -0.2) is 9.97 Å². The molecule has 1 aromatic rings. The van der Waals surface area contributed by atoms with Crippen molar-refractivity contribution in [1.82, 2.24) is 9.97 Å². The topological polar surface area (TPSA) is 25.8 Å². The highest BCUT2D eigenvalue weighted by atomic mass is 79.9. The first kappa shape index (κ1) is 13.0. The third-order valence-corrected chi connectivity index (χ3v) is 4.05. The molecular formula is C14H21BrN2. The second kappa shape index (κ2) is 5.94. The number of aryl methyl sites for hydroxylation is 1. The molecule has 0 saturated carbocycles. The Bertz CT molecular complexity index is 376. The molecule has 0 radical (unpaired) electrons. The molecule has 17 heavy (non-hydrogen) atoms. The number of fused-ring (bicyclic) bond motifs is 1. The standard InChI is InChI=1S/C14H21BrN2/c1-10(2)7-11(15)8-14-12-5-3-4-6-13(12)16-9-17-14/h9-11H,3-8H2,1-2H3. The molecule has 94 valence electrons. The van der Waals surface area contributed by atoms with Crippen LogP contribution in [0.4, 0.5) is 0 Å². The minimum atomic E-state index is 0.545. The minimum Gasteiger partial charge on any atom is -0.241 e. The maximum Gasteiger partial charge on any atom is 0.115 e. The zero-order valence-corrected chi connectivity index (χ0v) is 12.3. The molecule has 2 nitrogen and oxygen atoms in total. The Hall–Kier alpha value is -0.440. The van der Waals surface area contributed by atoms with Gasteiger partial charge in [-0.05, 0) is 43.6 Å². The molecule has 0 saturated heterocycles. The summed E-state index contributed by atoms with van der Waals surface area (Å²) in [5.41, 5.74) is 4.01. The quantitative estimate of drug-likeness (QED) is 0.792. The molecule has 0 aliphatic heterocycles. The fraction of sp³-hybridized carbons (Fsp3) is 0.714. The lowest BCUT2D eigenvalue weighted by molar-refractivity contribution is 0.563. The molecular weight excluding hydrogens is 276 g/mol. The Morgan fingerprint density at radius 2 is 2.00 bits per heavy atom. The van der Waals surface area contributed by atoms with Crippen molar-refractivity contribution < 1.29 is 0 Å². The van der Waals surface area contributed by atoms with Crippen LogP contribution in [0.25, 0.3) is 0 Å². The molecule has 0 spiro atoms. The van der Waals surface area contributed by atoms with Crippen molar-refractivity contribution in [3.05, 3.63) is 23.3 Å². The van der Waals surface area contributed by atoms with E-state index in [9.17, 15) is 0 Å². The number of halogens is 1. The van der Waals surface area contributed by atoms with E-state index in [-0.39, 0.29) is 0 Å². The van der Waals surface area contributed by atoms with Crippen LogP contribution in [0.3, 0.4) is 0 Å². The molecule has 1 atom stereocenters. The first-order valence-electron chi connectivity index (χ1n) is 6.62. The lowest BCUT2D eigenvalue weighted by Gasteiger charge is -2.19. The first-order valence-corrected chi connectivity index (χ1v) is 7.54. The zero-order chi connectivity index (χ0) is 12.3. The summed E-state index contributed by atoms with van der Waals surface area (Å²) >= 11 is 3.78. The van der Waals surface area contributed by atoms with Gasteiger partial charge in [0.2, 0.25) is 0 Å². The predicted molar refractivity (Wildman–Crippen MR) is 74.5 cm³/mol. The second-order valence-corrected chi connectivity index (χ2v) is 6.68. The van der Waals surface area contributed by atoms with Crippen molar-refractivity contribution in [1.29, 1.82) is 0 Å². The highest BCUT2D eigenvalue weighted by molar-refractivity contribution is 9.09. The second-order valence-electron chi connectivity index (χ2n) is 5.38. The highest BCUT2D eigenvalue weighted by Crippen LogP contribution is 2.24. The van der Waals surface area contributed by atoms with Crippen LogP contribution in [0, 0.1) is 5.92 Å². The van der Waals surface area contributed by atoms with Crippen LogP contribution in [0.1, 0.15) is 50.1 Å². The van der Waals surface area contributed by atoms with E-state index in [1.807, 2.05) is 0 Å². The third kappa shape index (κ3) is 3.51. The van der Waals surface area contributed by atoms with Crippen LogP contribution in [0.5, 0.6) is 0 Å². The van der Waals surface area contributed by atoms with Crippen LogP contribution in [-0.2, 0) is 19.3 Å². The van der Waals surface area contributed by atoms with Gasteiger partial charge in [0.1, 0.15) is 6.33 Å². The normalized spacial score (nSPS) is 16.9. The maximum absolute atomic E-state index is 4.50. The van der Waals surface area contributed by atoms with Crippen LogP contribution in [0.15, 0.2) is 6.33 Å². The van der Waals surface area contributed by atoms with E-state index in [0.29, 0.717) is 4.83 Å². The van der Waals surface area contributed by atoms with E-state index >= 15 is 0 Å². The minimum absolute atomic E-state index is 0.545. The molecule has 0 amide bonds. The molecule has 1 aromatic heterocycles. The Balaban J connectivity index is 2.10. The molecule has 0 fully saturated rings. The fourth-order valence-corrected chi connectivity index (χ4v) is 3.62. The first-order chi connectivity index (χ1) is 8.16. The Labute approximate surface area is 112 Å². The number of hydrogen-bond donors (Lipinski definition) is 0. The van der Waals surface area contributed by atoms with Gasteiger partial charge in [0, 0.05) is 22.6 Å². The van der Waals surface area contributed by atoms with Crippen LogP contribution in [0.2, 0.25) is 0 Å². The summed E-state index contributed by atoms with van der Waals surface area (Å²) in [7, 11) is 0. The maximum atomic E-state index is 4.50. The summed E-state index contributed by atoms with van der Waals surface area (Å²) in [6, 6.07) is 0. The van der Waals surface area contributed by atoms with Gasteiger partial charge in [-0.15, -0.1) is 0 Å². The Morgan fingerprint density at radius 1 is 1.24 bits per heavy atom. The molecule has 1 unspecified atom stereocenters. The molecule has 2 rings (SSSR count). The zero-order valence-electron chi connectivity index (χ0n) is 10.7. The van der Waals surface area contributed by atoms with Crippen molar-refractivity contribution >= 4 is 15.9 Å². The molecule has 3 heteroatoms. The van der Waals surface area contributed by atoms with E-state index in [1.165, 1.54) is 42.6 Å². The monoisotopic (exact) mass is 296 g/mol. The number of aromatic nitrogens is 2. The average Bonchev–Trinajstić information content (AvgIpc) is 2.28. The van der Waals surface area contributed by atoms with E-state index in [0.717, 1.165) is 18.8 Å². The van der Waals surface area contributed by atoms with Gasteiger partial charge in [-0.3, -0.25) is 0 Å². The summed E-state index contributed by atoms with van der Waals surface area (Å²) in [4.78, 5) is 9.46. The van der Waals surface area contributed by atoms with Crippen LogP contribution < -0.4 is 0 Å². The predicted octanol–water partition coefficient (Wildman–Crippen LogP) is 3.71. The molecule has 0 bridgehead atoms. The SMILES string of the molecule is CC(C)CC(Br)Cc1ncnc2c1CCCC2. The summed E-state index contributed by atoms with van der Waals surface area (Å²) in [5.74, 6) is 0.733. The van der Waals surface area contributed by atoms with Crippen molar-refractivity contribution in [2.24, 2.45) is 5.92 Å². The number of rotatable bonds is 4. The summed E-state index contributed by atoms with van der Waals surface area (Å²) in [6.07, 6.45) is 8.89. The van der Waals surface area contributed by atoms with Gasteiger partial charge in [-0.1, -0.05) is 29.8 Å². The van der Waals surface area contributed by atoms with Gasteiger partial charge in [0.15, 0.2) is 0 Å². The summed E-state index contributed by atoms with van der Waals surface area (Å²) < 4.78 is 0. The lowest BCUT2D eigenvalue weighted by Crippen LogP contribution is -2.14. The summed E-state index contributed by atoms with van der Waals surface area (Å²) in [5, 5.41) is 0. The van der Waals surface area contributed by atoms with Gasteiger partial charge in [-0.2, -0.15) is 0 Å². The van der Waals surface area contributed by atoms with Crippen molar-refractivity contribution in [3.63, 3.8) is 0 Å². The number of alkyl halides is 1. The Morgan fingerprint density at radius 3 is 2.76 bits per heavy atom. The van der Waals surface area contributed by atoms with E-state index in [2.05, 4.69) is 39.7 Å². The van der Waals surface area contributed by atoms with Gasteiger partial charge in [0.25, 0.3) is 0 Å². The lowest BCUT2D eigenvalue weighted by atomic mass is 9.92. The molecule has 0 N–H and O–H groups in total.